The van der Waals surface area contributed by atoms with Crippen LogP contribution in [0.4, 0.5) is 0 Å². The van der Waals surface area contributed by atoms with Crippen molar-refractivity contribution in [3.05, 3.63) is 0 Å². The Kier molecular flexibility index (Phi) is 6.98. The van der Waals surface area contributed by atoms with Gasteiger partial charge in [-0.1, -0.05) is 20.8 Å². The van der Waals surface area contributed by atoms with Crippen molar-refractivity contribution in [2.75, 3.05) is 13.1 Å². The van der Waals surface area contributed by atoms with E-state index in [9.17, 15) is 4.79 Å². The molecular weight excluding hydrogens is 188 g/mol. The normalized spacial score (nSPS) is 12.9. The molecule has 0 amide bonds. The molecule has 0 aliphatic heterocycles. The third kappa shape index (κ3) is 5.54. The Morgan fingerprint density at radius 2 is 2.00 bits per heavy atom. The van der Waals surface area contributed by atoms with Gasteiger partial charge in [-0.25, -0.2) is 0 Å². The minimum absolute atomic E-state index is 0.0502. The average molecular weight is 210 g/mol. The lowest BCUT2D eigenvalue weighted by molar-refractivity contribution is -0.123. The first kappa shape index (κ1) is 14.1. The Morgan fingerprint density at radius 3 is 2.40 bits per heavy atom. The van der Waals surface area contributed by atoms with Gasteiger partial charge in [-0.15, -0.1) is 0 Å². The molecule has 0 aromatic heterocycles. The summed E-state index contributed by atoms with van der Waals surface area (Å²) in [5.74, 6) is 0.782. The van der Waals surface area contributed by atoms with Crippen LogP contribution in [0.3, 0.4) is 0 Å². The fraction of sp³-hybridized carbons (Fsp3) is 0.833. The lowest BCUT2D eigenvalue weighted by atomic mass is 10.1. The van der Waals surface area contributed by atoms with E-state index in [0.29, 0.717) is 25.3 Å². The molecule has 0 fully saturated rings. The highest BCUT2D eigenvalue weighted by molar-refractivity contribution is 5.83. The van der Waals surface area contributed by atoms with Gasteiger partial charge in [0.25, 0.3) is 0 Å². The zero-order valence-corrected chi connectivity index (χ0v) is 10.3. The number of hydrogen-bond acceptors (Lipinski definition) is 3. The lowest BCUT2D eigenvalue weighted by Gasteiger charge is -2.28. The molecule has 1 unspecified atom stereocenters. The quantitative estimate of drug-likeness (QED) is 0.647. The maximum atomic E-state index is 11.6. The summed E-state index contributed by atoms with van der Waals surface area (Å²) in [5.41, 5.74) is 0. The summed E-state index contributed by atoms with van der Waals surface area (Å²) in [6, 6.07) is 2.08. The van der Waals surface area contributed by atoms with E-state index in [1.54, 1.807) is 0 Å². The fourth-order valence-corrected chi connectivity index (χ4v) is 1.60. The molecular formula is C12H22N2O. The predicted molar refractivity (Wildman–Crippen MR) is 61.4 cm³/mol. The fourth-order valence-electron chi connectivity index (χ4n) is 1.60. The molecule has 86 valence electrons. The maximum absolute atomic E-state index is 11.6. The van der Waals surface area contributed by atoms with Crippen LogP contribution < -0.4 is 0 Å². The largest absolute Gasteiger partial charge is 0.298 e. The molecule has 0 aromatic carbocycles. The average Bonchev–Trinajstić information content (AvgIpc) is 2.21. The summed E-state index contributed by atoms with van der Waals surface area (Å²) >= 11 is 0. The summed E-state index contributed by atoms with van der Waals surface area (Å²) in [6.07, 6.45) is 1.07. The zero-order valence-electron chi connectivity index (χ0n) is 10.3. The number of carbonyl (C=O) groups excluding carboxylic acids is 1. The second-order valence-electron chi connectivity index (χ2n) is 4.29. The lowest BCUT2D eigenvalue weighted by Crippen LogP contribution is -2.41. The second-order valence-corrected chi connectivity index (χ2v) is 4.29. The van der Waals surface area contributed by atoms with Crippen LogP contribution in [-0.4, -0.2) is 29.8 Å². The predicted octanol–water partition coefficient (Wildman–Crippen LogP) is 2.23. The summed E-state index contributed by atoms with van der Waals surface area (Å²) < 4.78 is 0. The van der Waals surface area contributed by atoms with E-state index in [4.69, 9.17) is 5.26 Å². The monoisotopic (exact) mass is 210 g/mol. The molecule has 0 aliphatic rings. The standard InChI is InChI=1S/C12H22N2O/c1-5-12(15)11(4)14(8-6-7-13)9-10(2)3/h10-11H,5-6,8-9H2,1-4H3. The van der Waals surface area contributed by atoms with E-state index in [1.807, 2.05) is 13.8 Å². The number of nitrogens with zero attached hydrogens (tertiary/aromatic N) is 2. The molecule has 0 heterocycles. The van der Waals surface area contributed by atoms with Gasteiger partial charge < -0.3 is 0 Å². The third-order valence-electron chi connectivity index (χ3n) is 2.47. The summed E-state index contributed by atoms with van der Waals surface area (Å²) in [5, 5.41) is 8.57. The van der Waals surface area contributed by atoms with Crippen LogP contribution in [0.5, 0.6) is 0 Å². The van der Waals surface area contributed by atoms with Crippen LogP contribution in [0.15, 0.2) is 0 Å². The highest BCUT2D eigenvalue weighted by Crippen LogP contribution is 2.07. The topological polar surface area (TPSA) is 44.1 Å². The molecule has 15 heavy (non-hydrogen) atoms. The van der Waals surface area contributed by atoms with E-state index < -0.39 is 0 Å². The van der Waals surface area contributed by atoms with E-state index in [0.717, 1.165) is 6.54 Å². The summed E-state index contributed by atoms with van der Waals surface area (Å²) in [4.78, 5) is 13.7. The van der Waals surface area contributed by atoms with Gasteiger partial charge >= 0.3 is 0 Å². The van der Waals surface area contributed by atoms with Crippen LogP contribution in [-0.2, 0) is 4.79 Å². The first-order chi connectivity index (χ1) is 7.02. The van der Waals surface area contributed by atoms with Gasteiger partial charge in [-0.3, -0.25) is 9.69 Å². The van der Waals surface area contributed by atoms with Crippen molar-refractivity contribution in [2.24, 2.45) is 5.92 Å². The molecule has 3 heteroatoms. The SMILES string of the molecule is CCC(=O)C(C)N(CCC#N)CC(C)C. The smallest absolute Gasteiger partial charge is 0.149 e. The van der Waals surface area contributed by atoms with E-state index in [2.05, 4.69) is 24.8 Å². The minimum atomic E-state index is -0.0502. The summed E-state index contributed by atoms with van der Waals surface area (Å²) in [6.45, 7) is 9.66. The molecule has 0 spiro atoms. The number of hydrogen-bond donors (Lipinski definition) is 0. The van der Waals surface area contributed by atoms with Gasteiger partial charge in [0.2, 0.25) is 0 Å². The highest BCUT2D eigenvalue weighted by Gasteiger charge is 2.19. The molecule has 0 saturated heterocycles. The van der Waals surface area contributed by atoms with E-state index in [-0.39, 0.29) is 11.8 Å². The van der Waals surface area contributed by atoms with Gasteiger partial charge in [-0.2, -0.15) is 5.26 Å². The number of ketones is 1. The van der Waals surface area contributed by atoms with Gasteiger partial charge in [0.15, 0.2) is 0 Å². The third-order valence-corrected chi connectivity index (χ3v) is 2.47. The van der Waals surface area contributed by atoms with Crippen LogP contribution in [0.25, 0.3) is 0 Å². The molecule has 0 radical (unpaired) electrons. The van der Waals surface area contributed by atoms with Crippen LogP contribution in [0.1, 0.15) is 40.5 Å². The molecule has 0 N–H and O–H groups in total. The number of Topliss-reactive ketones (excluding diaryl/α,β-unsaturated/α-hetero) is 1. The molecule has 0 aliphatic carbocycles. The van der Waals surface area contributed by atoms with Crippen LogP contribution in [0, 0.1) is 17.2 Å². The van der Waals surface area contributed by atoms with Crippen molar-refractivity contribution in [3.8, 4) is 6.07 Å². The zero-order chi connectivity index (χ0) is 11.8. The van der Waals surface area contributed by atoms with Gasteiger partial charge in [0.1, 0.15) is 5.78 Å². The second kappa shape index (κ2) is 7.42. The van der Waals surface area contributed by atoms with Gasteiger partial charge in [0.05, 0.1) is 12.1 Å². The molecule has 0 aromatic rings. The molecule has 0 saturated carbocycles. The Bertz CT molecular complexity index is 230. The molecule has 0 bridgehead atoms. The van der Waals surface area contributed by atoms with E-state index in [1.165, 1.54) is 0 Å². The van der Waals surface area contributed by atoms with Crippen molar-refractivity contribution in [1.82, 2.24) is 4.90 Å². The molecule has 1 atom stereocenters. The van der Waals surface area contributed by atoms with Crippen molar-refractivity contribution in [3.63, 3.8) is 0 Å². The Labute approximate surface area is 93.1 Å². The molecule has 3 nitrogen and oxygen atoms in total. The maximum Gasteiger partial charge on any atom is 0.149 e. The Balaban J connectivity index is 4.33. The Morgan fingerprint density at radius 1 is 1.40 bits per heavy atom. The van der Waals surface area contributed by atoms with E-state index >= 15 is 0 Å². The van der Waals surface area contributed by atoms with Crippen molar-refractivity contribution >= 4 is 5.78 Å². The first-order valence-corrected chi connectivity index (χ1v) is 5.66. The number of carbonyl (C=O) groups is 1. The van der Waals surface area contributed by atoms with Crippen LogP contribution >= 0.6 is 0 Å². The molecule has 0 rings (SSSR count). The van der Waals surface area contributed by atoms with Crippen molar-refractivity contribution in [2.45, 2.75) is 46.6 Å². The van der Waals surface area contributed by atoms with Gasteiger partial charge in [-0.05, 0) is 12.8 Å². The van der Waals surface area contributed by atoms with Crippen LogP contribution in [0.2, 0.25) is 0 Å². The first-order valence-electron chi connectivity index (χ1n) is 5.66. The Hall–Kier alpha value is -0.880. The van der Waals surface area contributed by atoms with Crippen molar-refractivity contribution < 1.29 is 4.79 Å². The number of rotatable bonds is 7. The van der Waals surface area contributed by atoms with Crippen molar-refractivity contribution in [1.29, 1.82) is 5.26 Å². The minimum Gasteiger partial charge on any atom is -0.298 e. The van der Waals surface area contributed by atoms with Gasteiger partial charge in [0, 0.05) is 25.9 Å². The summed E-state index contributed by atoms with van der Waals surface area (Å²) in [7, 11) is 0. The number of nitriles is 1. The highest BCUT2D eigenvalue weighted by atomic mass is 16.1.